The number of ether oxygens (including phenoxy) is 1. The lowest BCUT2D eigenvalue weighted by atomic mass is 10.1. The van der Waals surface area contributed by atoms with Crippen LogP contribution in [-0.4, -0.2) is 18.0 Å². The van der Waals surface area contributed by atoms with Gasteiger partial charge in [0.25, 0.3) is 0 Å². The number of hydrogen-bond donors (Lipinski definition) is 1. The molecule has 80 valence electrons. The van der Waals surface area contributed by atoms with Crippen LogP contribution in [0.15, 0.2) is 29.9 Å². The van der Waals surface area contributed by atoms with E-state index >= 15 is 0 Å². The monoisotopic (exact) mass is 209 g/mol. The Hall–Kier alpha value is -1.84. The lowest BCUT2D eigenvalue weighted by Gasteiger charge is -2.08. The molecule has 3 nitrogen and oxygen atoms in total. The predicted octanol–water partition coefficient (Wildman–Crippen LogP) is 2.83. The molecule has 0 aliphatic heterocycles. The fourth-order valence-electron chi connectivity index (χ4n) is 1.20. The van der Waals surface area contributed by atoms with Gasteiger partial charge in [-0.15, -0.1) is 0 Å². The summed E-state index contributed by atoms with van der Waals surface area (Å²) < 4.78 is 18.0. The van der Waals surface area contributed by atoms with Gasteiger partial charge in [0.2, 0.25) is 0 Å². The van der Waals surface area contributed by atoms with Crippen molar-refractivity contribution in [2.24, 2.45) is 5.16 Å². The summed E-state index contributed by atoms with van der Waals surface area (Å²) in [7, 11) is 1.45. The van der Waals surface area contributed by atoms with Crippen molar-refractivity contribution in [1.29, 1.82) is 0 Å². The fourth-order valence-corrected chi connectivity index (χ4v) is 1.20. The van der Waals surface area contributed by atoms with Gasteiger partial charge in [0, 0.05) is 0 Å². The van der Waals surface area contributed by atoms with E-state index in [1.165, 1.54) is 13.2 Å². The quantitative estimate of drug-likeness (QED) is 0.472. The van der Waals surface area contributed by atoms with Crippen LogP contribution in [0, 0.1) is 0 Å². The summed E-state index contributed by atoms with van der Waals surface area (Å²) in [4.78, 5) is 0. The molecule has 0 unspecified atom stereocenters. The molecule has 1 aromatic carbocycles. The van der Waals surface area contributed by atoms with Crippen LogP contribution in [-0.2, 0) is 0 Å². The van der Waals surface area contributed by atoms with E-state index in [1.807, 2.05) is 0 Å². The number of methoxy groups -OCH3 is 1. The summed E-state index contributed by atoms with van der Waals surface area (Å²) in [5.74, 6) is -0.184. The molecule has 0 saturated heterocycles. The standard InChI is InChI=1S/C11H12FNO2/c1-7(12)10-6-9(8(2)13-14)4-5-11(10)15-3/h4-6,14H,1H2,2-3H3/b13-8+. The third-order valence-corrected chi connectivity index (χ3v) is 2.06. The van der Waals surface area contributed by atoms with Gasteiger partial charge in [-0.05, 0) is 30.7 Å². The molecule has 0 bridgehead atoms. The molecule has 1 rings (SSSR count). The number of benzene rings is 1. The van der Waals surface area contributed by atoms with Crippen LogP contribution in [0.1, 0.15) is 18.1 Å². The van der Waals surface area contributed by atoms with Gasteiger partial charge in [-0.3, -0.25) is 0 Å². The smallest absolute Gasteiger partial charge is 0.129 e. The second-order valence-electron chi connectivity index (χ2n) is 3.01. The van der Waals surface area contributed by atoms with Gasteiger partial charge in [0.1, 0.15) is 11.6 Å². The van der Waals surface area contributed by atoms with Crippen LogP contribution in [0.3, 0.4) is 0 Å². The number of oxime groups is 1. The molecule has 1 aromatic rings. The highest BCUT2D eigenvalue weighted by Gasteiger charge is 2.09. The Morgan fingerprint density at radius 3 is 2.67 bits per heavy atom. The van der Waals surface area contributed by atoms with E-state index in [0.717, 1.165) is 0 Å². The van der Waals surface area contributed by atoms with Gasteiger partial charge < -0.3 is 9.94 Å². The third kappa shape index (κ3) is 2.34. The predicted molar refractivity (Wildman–Crippen MR) is 57.1 cm³/mol. The minimum absolute atomic E-state index is 0.262. The van der Waals surface area contributed by atoms with E-state index in [-0.39, 0.29) is 5.56 Å². The summed E-state index contributed by atoms with van der Waals surface area (Å²) in [5.41, 5.74) is 1.28. The van der Waals surface area contributed by atoms with Crippen molar-refractivity contribution in [3.8, 4) is 5.75 Å². The largest absolute Gasteiger partial charge is 0.496 e. The minimum atomic E-state index is -0.584. The SMILES string of the molecule is C=C(F)c1cc(/C(C)=N/O)ccc1OC. The molecular formula is C11H12FNO2. The third-order valence-electron chi connectivity index (χ3n) is 2.06. The zero-order chi connectivity index (χ0) is 11.4. The normalized spacial score (nSPS) is 11.3. The second-order valence-corrected chi connectivity index (χ2v) is 3.01. The molecule has 0 aliphatic carbocycles. The van der Waals surface area contributed by atoms with Gasteiger partial charge in [-0.1, -0.05) is 11.7 Å². The zero-order valence-corrected chi connectivity index (χ0v) is 8.62. The van der Waals surface area contributed by atoms with E-state index in [4.69, 9.17) is 9.94 Å². The summed E-state index contributed by atoms with van der Waals surface area (Å²) in [6.07, 6.45) is 0. The molecule has 0 atom stereocenters. The molecule has 0 spiro atoms. The first-order chi connectivity index (χ1) is 7.10. The average molecular weight is 209 g/mol. The molecule has 4 heteroatoms. The van der Waals surface area contributed by atoms with Crippen molar-refractivity contribution < 1.29 is 14.3 Å². The maximum absolute atomic E-state index is 13.1. The fraction of sp³-hybridized carbons (Fsp3) is 0.182. The Balaban J connectivity index is 3.28. The highest BCUT2D eigenvalue weighted by molar-refractivity contribution is 5.99. The molecule has 0 radical (unpaired) electrons. The molecule has 0 aromatic heterocycles. The second kappa shape index (κ2) is 4.59. The highest BCUT2D eigenvalue weighted by atomic mass is 19.1. The number of halogens is 1. The summed E-state index contributed by atoms with van der Waals surface area (Å²) in [5, 5.41) is 11.6. The first-order valence-corrected chi connectivity index (χ1v) is 4.32. The Bertz CT molecular complexity index is 413. The van der Waals surface area contributed by atoms with Gasteiger partial charge in [-0.25, -0.2) is 4.39 Å². The zero-order valence-electron chi connectivity index (χ0n) is 8.62. The van der Waals surface area contributed by atoms with Crippen LogP contribution in [0.5, 0.6) is 5.75 Å². The Morgan fingerprint density at radius 1 is 1.53 bits per heavy atom. The van der Waals surface area contributed by atoms with Crippen molar-refractivity contribution in [1.82, 2.24) is 0 Å². The van der Waals surface area contributed by atoms with E-state index < -0.39 is 5.83 Å². The van der Waals surface area contributed by atoms with Crippen LogP contribution < -0.4 is 4.74 Å². The van der Waals surface area contributed by atoms with Gasteiger partial charge in [-0.2, -0.15) is 0 Å². The van der Waals surface area contributed by atoms with Crippen LogP contribution >= 0.6 is 0 Å². The first-order valence-electron chi connectivity index (χ1n) is 4.32. The first kappa shape index (κ1) is 11.2. The van der Waals surface area contributed by atoms with Gasteiger partial charge >= 0.3 is 0 Å². The number of nitrogens with zero attached hydrogens (tertiary/aromatic N) is 1. The molecule has 0 heterocycles. The summed E-state index contributed by atoms with van der Waals surface area (Å²) in [6.45, 7) is 4.83. The highest BCUT2D eigenvalue weighted by Crippen LogP contribution is 2.27. The molecule has 0 saturated carbocycles. The Morgan fingerprint density at radius 2 is 2.20 bits per heavy atom. The van der Waals surface area contributed by atoms with Crippen molar-refractivity contribution in [2.45, 2.75) is 6.92 Å². The van der Waals surface area contributed by atoms with E-state index in [9.17, 15) is 4.39 Å². The molecule has 0 aliphatic rings. The molecule has 0 fully saturated rings. The Kier molecular flexibility index (Phi) is 3.44. The lowest BCUT2D eigenvalue weighted by Crippen LogP contribution is -1.97. The van der Waals surface area contributed by atoms with Crippen molar-refractivity contribution in [3.63, 3.8) is 0 Å². The van der Waals surface area contributed by atoms with Crippen molar-refractivity contribution >= 4 is 11.5 Å². The number of hydrogen-bond acceptors (Lipinski definition) is 3. The van der Waals surface area contributed by atoms with Crippen LogP contribution in [0.2, 0.25) is 0 Å². The topological polar surface area (TPSA) is 41.8 Å². The van der Waals surface area contributed by atoms with E-state index in [2.05, 4.69) is 11.7 Å². The summed E-state index contributed by atoms with van der Waals surface area (Å²) >= 11 is 0. The van der Waals surface area contributed by atoms with Crippen molar-refractivity contribution in [3.05, 3.63) is 35.9 Å². The maximum atomic E-state index is 13.1. The molecule has 15 heavy (non-hydrogen) atoms. The van der Waals surface area contributed by atoms with Crippen molar-refractivity contribution in [2.75, 3.05) is 7.11 Å². The maximum Gasteiger partial charge on any atom is 0.129 e. The van der Waals surface area contributed by atoms with E-state index in [1.54, 1.807) is 19.1 Å². The van der Waals surface area contributed by atoms with Crippen LogP contribution in [0.25, 0.3) is 5.83 Å². The minimum Gasteiger partial charge on any atom is -0.496 e. The van der Waals surface area contributed by atoms with Gasteiger partial charge in [0.15, 0.2) is 0 Å². The van der Waals surface area contributed by atoms with Gasteiger partial charge in [0.05, 0.1) is 18.4 Å². The number of rotatable bonds is 3. The summed E-state index contributed by atoms with van der Waals surface area (Å²) in [6, 6.07) is 4.81. The average Bonchev–Trinajstić information content (AvgIpc) is 2.27. The van der Waals surface area contributed by atoms with Crippen LogP contribution in [0.4, 0.5) is 4.39 Å². The molecular weight excluding hydrogens is 197 g/mol. The lowest BCUT2D eigenvalue weighted by molar-refractivity contribution is 0.319. The molecule has 1 N–H and O–H groups in total. The Labute approximate surface area is 87.5 Å². The van der Waals surface area contributed by atoms with E-state index in [0.29, 0.717) is 17.0 Å². The molecule has 0 amide bonds.